The van der Waals surface area contributed by atoms with Gasteiger partial charge in [-0.15, -0.1) is 0 Å². The van der Waals surface area contributed by atoms with Gasteiger partial charge in [0.2, 0.25) is 0 Å². The normalized spacial score (nSPS) is 19.0. The van der Waals surface area contributed by atoms with Crippen LogP contribution in [0.1, 0.15) is 37.1 Å². The molecule has 1 atom stereocenters. The summed E-state index contributed by atoms with van der Waals surface area (Å²) in [7, 11) is 0. The van der Waals surface area contributed by atoms with Crippen molar-refractivity contribution in [2.24, 2.45) is 0 Å². The van der Waals surface area contributed by atoms with E-state index in [9.17, 15) is 9.50 Å². The number of hydrogen-bond donors (Lipinski definition) is 1. The molecular formula is C27H34FN3O3. The van der Waals surface area contributed by atoms with E-state index in [-0.39, 0.29) is 12.4 Å². The molecule has 3 aromatic rings. The third-order valence-corrected chi connectivity index (χ3v) is 6.38. The summed E-state index contributed by atoms with van der Waals surface area (Å²) in [6.07, 6.45) is 6.81. The van der Waals surface area contributed by atoms with Gasteiger partial charge in [-0.05, 0) is 69.0 Å². The van der Waals surface area contributed by atoms with Crippen molar-refractivity contribution in [1.29, 1.82) is 0 Å². The quantitative estimate of drug-likeness (QED) is 0.442. The van der Waals surface area contributed by atoms with Crippen LogP contribution >= 0.6 is 0 Å². The fourth-order valence-electron chi connectivity index (χ4n) is 4.37. The molecule has 1 N–H and O–H groups in total. The molecule has 0 spiro atoms. The van der Waals surface area contributed by atoms with E-state index in [1.807, 2.05) is 31.5 Å². The highest BCUT2D eigenvalue weighted by molar-refractivity contribution is 5.28. The number of likely N-dealkylation sites (tertiary alicyclic amines) is 1. The molecule has 0 aliphatic carbocycles. The van der Waals surface area contributed by atoms with E-state index in [1.165, 1.54) is 11.6 Å². The lowest BCUT2D eigenvalue weighted by Gasteiger charge is -2.27. The first kappa shape index (κ1) is 24.2. The maximum Gasteiger partial charge on any atom is 0.165 e. The van der Waals surface area contributed by atoms with Crippen LogP contribution in [0.5, 0.6) is 11.5 Å². The summed E-state index contributed by atoms with van der Waals surface area (Å²) in [6, 6.07) is 14.6. The van der Waals surface area contributed by atoms with Crippen LogP contribution in [-0.4, -0.2) is 51.5 Å². The first-order valence-corrected chi connectivity index (χ1v) is 12.0. The maximum atomic E-state index is 13.8. The highest BCUT2D eigenvalue weighted by Crippen LogP contribution is 2.26. The van der Waals surface area contributed by atoms with Crippen LogP contribution < -0.4 is 9.47 Å². The number of ether oxygens (including phenoxy) is 2. The largest absolute Gasteiger partial charge is 0.494 e. The van der Waals surface area contributed by atoms with Crippen molar-refractivity contribution >= 4 is 0 Å². The Kier molecular flexibility index (Phi) is 8.19. The van der Waals surface area contributed by atoms with Gasteiger partial charge in [-0.3, -0.25) is 4.90 Å². The van der Waals surface area contributed by atoms with Crippen LogP contribution in [0, 0.1) is 12.7 Å². The van der Waals surface area contributed by atoms with Gasteiger partial charge >= 0.3 is 0 Å². The smallest absolute Gasteiger partial charge is 0.165 e. The molecule has 1 aliphatic rings. The minimum atomic E-state index is -0.949. The number of aliphatic hydroxyl groups is 1. The van der Waals surface area contributed by atoms with E-state index in [4.69, 9.17) is 9.47 Å². The minimum Gasteiger partial charge on any atom is -0.494 e. The Morgan fingerprint density at radius 3 is 2.79 bits per heavy atom. The summed E-state index contributed by atoms with van der Waals surface area (Å²) in [5.74, 6) is 1.68. The van der Waals surface area contributed by atoms with Crippen molar-refractivity contribution in [3.63, 3.8) is 0 Å². The molecule has 0 amide bonds. The van der Waals surface area contributed by atoms with Crippen molar-refractivity contribution < 1.29 is 19.0 Å². The monoisotopic (exact) mass is 467 g/mol. The van der Waals surface area contributed by atoms with Gasteiger partial charge in [0.15, 0.2) is 11.6 Å². The Bertz CT molecular complexity index is 1060. The number of benzene rings is 2. The SMILES string of the molecule is Cc1nccn1CCCOc1cccc(CN2CCCC(O)(COc3ccccc3F)CC2)c1. The van der Waals surface area contributed by atoms with Gasteiger partial charge in [0.1, 0.15) is 18.2 Å². The van der Waals surface area contributed by atoms with Crippen molar-refractivity contribution in [2.45, 2.75) is 51.3 Å². The predicted molar refractivity (Wildman–Crippen MR) is 129 cm³/mol. The molecule has 1 aromatic heterocycles. The zero-order valence-corrected chi connectivity index (χ0v) is 19.8. The molecule has 6 nitrogen and oxygen atoms in total. The van der Waals surface area contributed by atoms with Gasteiger partial charge < -0.3 is 19.1 Å². The molecule has 1 saturated heterocycles. The zero-order valence-electron chi connectivity index (χ0n) is 19.8. The Hall–Kier alpha value is -2.90. The number of aromatic nitrogens is 2. The number of nitrogens with zero attached hydrogens (tertiary/aromatic N) is 3. The number of rotatable bonds is 10. The van der Waals surface area contributed by atoms with Gasteiger partial charge in [-0.25, -0.2) is 9.37 Å². The van der Waals surface area contributed by atoms with Crippen molar-refractivity contribution in [1.82, 2.24) is 14.5 Å². The van der Waals surface area contributed by atoms with E-state index in [0.717, 1.165) is 50.6 Å². The first-order chi connectivity index (χ1) is 16.5. The van der Waals surface area contributed by atoms with Crippen LogP contribution in [0.4, 0.5) is 4.39 Å². The van der Waals surface area contributed by atoms with E-state index in [0.29, 0.717) is 19.4 Å². The van der Waals surface area contributed by atoms with Crippen molar-refractivity contribution in [2.75, 3.05) is 26.3 Å². The lowest BCUT2D eigenvalue weighted by Crippen LogP contribution is -2.37. The van der Waals surface area contributed by atoms with Crippen LogP contribution in [0.2, 0.25) is 0 Å². The molecule has 2 heterocycles. The summed E-state index contributed by atoms with van der Waals surface area (Å²) < 4.78 is 27.6. The van der Waals surface area contributed by atoms with Gasteiger partial charge in [0.25, 0.3) is 0 Å². The molecule has 0 radical (unpaired) electrons. The van der Waals surface area contributed by atoms with E-state index in [1.54, 1.807) is 18.2 Å². The van der Waals surface area contributed by atoms with Crippen LogP contribution in [-0.2, 0) is 13.1 Å². The van der Waals surface area contributed by atoms with Crippen molar-refractivity contribution in [3.8, 4) is 11.5 Å². The molecule has 2 aromatic carbocycles. The number of para-hydroxylation sites is 1. The topological polar surface area (TPSA) is 59.8 Å². The highest BCUT2D eigenvalue weighted by Gasteiger charge is 2.31. The van der Waals surface area contributed by atoms with Gasteiger partial charge in [0, 0.05) is 32.0 Å². The molecular weight excluding hydrogens is 433 g/mol. The van der Waals surface area contributed by atoms with Crippen LogP contribution in [0.25, 0.3) is 0 Å². The average Bonchev–Trinajstić information content (AvgIpc) is 3.15. The molecule has 1 unspecified atom stereocenters. The zero-order chi connectivity index (χ0) is 23.8. The third kappa shape index (κ3) is 6.81. The van der Waals surface area contributed by atoms with Gasteiger partial charge in [-0.1, -0.05) is 24.3 Å². The van der Waals surface area contributed by atoms with Crippen LogP contribution in [0.3, 0.4) is 0 Å². The average molecular weight is 468 g/mol. The Morgan fingerprint density at radius 2 is 1.97 bits per heavy atom. The number of imidazole rings is 1. The molecule has 7 heteroatoms. The lowest BCUT2D eigenvalue weighted by atomic mass is 9.96. The standard InChI is InChI=1S/C27H34FN3O3/c1-22-29-13-17-31(22)15-6-18-33-24-8-4-7-23(19-24)20-30-14-5-11-27(32,12-16-30)21-34-26-10-3-2-9-25(26)28/h2-4,7-10,13,17,19,32H,5-6,11-12,14-16,18,20-21H2,1H3. The van der Waals surface area contributed by atoms with E-state index >= 15 is 0 Å². The second-order valence-corrected chi connectivity index (χ2v) is 9.09. The summed E-state index contributed by atoms with van der Waals surface area (Å²) >= 11 is 0. The molecule has 1 aliphatic heterocycles. The first-order valence-electron chi connectivity index (χ1n) is 12.0. The number of aryl methyl sites for hydroxylation is 2. The molecule has 34 heavy (non-hydrogen) atoms. The molecule has 0 bridgehead atoms. The third-order valence-electron chi connectivity index (χ3n) is 6.38. The maximum absolute atomic E-state index is 13.8. The molecule has 1 fully saturated rings. The summed E-state index contributed by atoms with van der Waals surface area (Å²) in [5, 5.41) is 11.0. The van der Waals surface area contributed by atoms with E-state index < -0.39 is 11.4 Å². The number of halogens is 1. The van der Waals surface area contributed by atoms with Crippen molar-refractivity contribution in [3.05, 3.63) is 78.1 Å². The number of hydrogen-bond acceptors (Lipinski definition) is 5. The fourth-order valence-corrected chi connectivity index (χ4v) is 4.37. The predicted octanol–water partition coefficient (Wildman–Crippen LogP) is 4.60. The van der Waals surface area contributed by atoms with E-state index in [2.05, 4.69) is 26.6 Å². The summed E-state index contributed by atoms with van der Waals surface area (Å²) in [6.45, 7) is 6.11. The lowest BCUT2D eigenvalue weighted by molar-refractivity contribution is -0.0177. The Morgan fingerprint density at radius 1 is 1.09 bits per heavy atom. The Labute approximate surface area is 201 Å². The molecule has 0 saturated carbocycles. The highest BCUT2D eigenvalue weighted by atomic mass is 19.1. The molecule has 182 valence electrons. The van der Waals surface area contributed by atoms with Crippen LogP contribution in [0.15, 0.2) is 60.9 Å². The second-order valence-electron chi connectivity index (χ2n) is 9.09. The summed E-state index contributed by atoms with van der Waals surface area (Å²) in [5.41, 5.74) is 0.242. The Balaban J connectivity index is 1.23. The molecule has 4 rings (SSSR count). The second kappa shape index (κ2) is 11.5. The van der Waals surface area contributed by atoms with Gasteiger partial charge in [-0.2, -0.15) is 0 Å². The minimum absolute atomic E-state index is 0.101. The van der Waals surface area contributed by atoms with Gasteiger partial charge in [0.05, 0.1) is 12.2 Å². The fraction of sp³-hybridized carbons (Fsp3) is 0.444. The summed E-state index contributed by atoms with van der Waals surface area (Å²) in [4.78, 5) is 6.59.